The van der Waals surface area contributed by atoms with Crippen molar-refractivity contribution in [2.75, 3.05) is 7.05 Å². The van der Waals surface area contributed by atoms with E-state index in [1.807, 2.05) is 44.2 Å². The molecule has 0 aliphatic carbocycles. The molecule has 0 bridgehead atoms. The van der Waals surface area contributed by atoms with Crippen LogP contribution in [-0.2, 0) is 19.4 Å². The minimum atomic E-state index is -4.12. The number of benzene rings is 2. The molecule has 38 heavy (non-hydrogen) atoms. The van der Waals surface area contributed by atoms with Gasteiger partial charge in [-0.2, -0.15) is 0 Å². The highest BCUT2D eigenvalue weighted by molar-refractivity contribution is 7.93. The number of nitrogens with zero attached hydrogens (tertiary/aromatic N) is 3. The fourth-order valence-electron chi connectivity index (χ4n) is 5.08. The predicted molar refractivity (Wildman–Crippen MR) is 152 cm³/mol. The molecule has 206 valence electrons. The number of rotatable bonds is 12. The number of amidine groups is 1. The first kappa shape index (κ1) is 29.6. The zero-order chi connectivity index (χ0) is 28.1. The van der Waals surface area contributed by atoms with Crippen LogP contribution in [0.5, 0.6) is 0 Å². The molecule has 7 nitrogen and oxygen atoms in total. The van der Waals surface area contributed by atoms with Crippen molar-refractivity contribution >= 4 is 27.5 Å². The number of carbonyl (C=O) groups excluding carboxylic acids is 2. The fraction of sp³-hybridized carbons (Fsp3) is 0.500. The first-order valence-corrected chi connectivity index (χ1v) is 15.1. The summed E-state index contributed by atoms with van der Waals surface area (Å²) < 4.78 is 28.8. The van der Waals surface area contributed by atoms with E-state index in [1.165, 1.54) is 17.1 Å². The van der Waals surface area contributed by atoms with Crippen molar-refractivity contribution in [3.63, 3.8) is 0 Å². The Balaban J connectivity index is 2.11. The van der Waals surface area contributed by atoms with Gasteiger partial charge in [-0.25, -0.2) is 18.4 Å². The van der Waals surface area contributed by atoms with Gasteiger partial charge in [0.1, 0.15) is 16.6 Å². The Bertz CT molecular complexity index is 1270. The third-order valence-corrected chi connectivity index (χ3v) is 9.32. The molecule has 3 rings (SSSR count). The maximum Gasteiger partial charge on any atom is 0.274 e. The van der Waals surface area contributed by atoms with E-state index in [0.717, 1.165) is 31.2 Å². The molecule has 1 aliphatic heterocycles. The van der Waals surface area contributed by atoms with Gasteiger partial charge in [0.25, 0.3) is 11.8 Å². The lowest BCUT2D eigenvalue weighted by Crippen LogP contribution is -2.55. The molecule has 0 saturated heterocycles. The number of carbonyl (C=O) groups is 2. The molecule has 0 radical (unpaired) electrons. The highest BCUT2D eigenvalue weighted by Gasteiger charge is 2.47. The molecule has 1 aliphatic rings. The van der Waals surface area contributed by atoms with Gasteiger partial charge in [0, 0.05) is 19.0 Å². The van der Waals surface area contributed by atoms with Crippen LogP contribution < -0.4 is 0 Å². The predicted octanol–water partition coefficient (Wildman–Crippen LogP) is 5.91. The number of hydrogen-bond donors (Lipinski definition) is 0. The summed E-state index contributed by atoms with van der Waals surface area (Å²) in [5.41, 5.74) is 0.311. The van der Waals surface area contributed by atoms with Gasteiger partial charge in [0.2, 0.25) is 0 Å². The Kier molecular flexibility index (Phi) is 9.52. The molecule has 2 amide bonds. The highest BCUT2D eigenvalue weighted by atomic mass is 32.2. The highest BCUT2D eigenvalue weighted by Crippen LogP contribution is 2.34. The third-order valence-electron chi connectivity index (χ3n) is 7.21. The summed E-state index contributed by atoms with van der Waals surface area (Å²) in [6.07, 6.45) is 3.90. The van der Waals surface area contributed by atoms with Gasteiger partial charge in [-0.3, -0.25) is 14.6 Å². The van der Waals surface area contributed by atoms with Crippen LogP contribution in [0.25, 0.3) is 11.1 Å². The fourth-order valence-corrected chi connectivity index (χ4v) is 7.09. The molecule has 0 saturated carbocycles. The lowest BCUT2D eigenvalue weighted by atomic mass is 9.95. The van der Waals surface area contributed by atoms with E-state index < -0.39 is 26.5 Å². The number of sulfone groups is 1. The summed E-state index contributed by atoms with van der Waals surface area (Å²) in [5, 5.41) is 1.14. The maximum atomic E-state index is 14.4. The Labute approximate surface area is 227 Å². The lowest BCUT2D eigenvalue weighted by molar-refractivity contribution is -0.153. The molecule has 1 heterocycles. The van der Waals surface area contributed by atoms with Crippen LogP contribution >= 0.6 is 0 Å². The SMILES string of the molecule is CCCC1=NC(C)(C)C(=O)N1N(C)C(=O)C(CC(CC)CCC)S(=O)(=O)c1ccccc1-c1ccccc1. The maximum absolute atomic E-state index is 14.4. The second kappa shape index (κ2) is 12.2. The average Bonchev–Trinajstić information content (AvgIpc) is 3.13. The molecule has 2 aromatic rings. The minimum absolute atomic E-state index is 0.0514. The van der Waals surface area contributed by atoms with Gasteiger partial charge >= 0.3 is 0 Å². The van der Waals surface area contributed by atoms with Gasteiger partial charge in [-0.05, 0) is 44.2 Å². The lowest BCUT2D eigenvalue weighted by Gasteiger charge is -2.33. The van der Waals surface area contributed by atoms with E-state index in [1.54, 1.807) is 38.1 Å². The summed E-state index contributed by atoms with van der Waals surface area (Å²) in [5.74, 6) is -0.411. The monoisotopic (exact) mass is 539 g/mol. The molecule has 0 fully saturated rings. The van der Waals surface area contributed by atoms with Crippen molar-refractivity contribution in [3.05, 3.63) is 54.6 Å². The van der Waals surface area contributed by atoms with Crippen LogP contribution in [-0.4, -0.2) is 53.9 Å². The zero-order valence-electron chi connectivity index (χ0n) is 23.5. The second-order valence-electron chi connectivity index (χ2n) is 10.5. The number of hydrogen-bond acceptors (Lipinski definition) is 5. The van der Waals surface area contributed by atoms with Crippen molar-refractivity contribution in [1.82, 2.24) is 10.0 Å². The summed E-state index contributed by atoms with van der Waals surface area (Å²) in [6.45, 7) is 9.48. The summed E-state index contributed by atoms with van der Waals surface area (Å²) in [4.78, 5) is 32.1. The Morgan fingerprint density at radius 3 is 2.24 bits per heavy atom. The molecule has 2 aromatic carbocycles. The topological polar surface area (TPSA) is 87.1 Å². The van der Waals surface area contributed by atoms with Crippen LogP contribution in [0.15, 0.2) is 64.5 Å². The molecule has 2 unspecified atom stereocenters. The number of hydrazine groups is 1. The third kappa shape index (κ3) is 6.01. The van der Waals surface area contributed by atoms with Crippen molar-refractivity contribution in [1.29, 1.82) is 0 Å². The van der Waals surface area contributed by atoms with E-state index in [4.69, 9.17) is 0 Å². The summed E-state index contributed by atoms with van der Waals surface area (Å²) in [7, 11) is -2.64. The van der Waals surface area contributed by atoms with E-state index in [2.05, 4.69) is 11.9 Å². The first-order valence-electron chi connectivity index (χ1n) is 13.6. The van der Waals surface area contributed by atoms with Gasteiger partial charge in [-0.1, -0.05) is 88.6 Å². The van der Waals surface area contributed by atoms with Crippen molar-refractivity contribution in [3.8, 4) is 11.1 Å². The van der Waals surface area contributed by atoms with Gasteiger partial charge in [0.15, 0.2) is 9.84 Å². The van der Waals surface area contributed by atoms with Crippen LogP contribution in [0.3, 0.4) is 0 Å². The van der Waals surface area contributed by atoms with E-state index >= 15 is 0 Å². The van der Waals surface area contributed by atoms with Crippen LogP contribution in [0.1, 0.15) is 73.1 Å². The van der Waals surface area contributed by atoms with Gasteiger partial charge in [-0.15, -0.1) is 0 Å². The summed E-state index contributed by atoms with van der Waals surface area (Å²) in [6, 6.07) is 16.2. The molecule has 0 N–H and O–H groups in total. The molecule has 2 atom stereocenters. The average molecular weight is 540 g/mol. The van der Waals surface area contributed by atoms with Gasteiger partial charge in [0.05, 0.1) is 4.90 Å². The standard InChI is InChI=1S/C30H41N3O4S/c1-7-15-22(9-3)21-26(28(34)32(6)33-27(16-8-2)31-30(4,5)29(33)35)38(36,37)25-20-14-13-19-24(25)23-17-11-10-12-18-23/h10-14,17-20,22,26H,7-9,15-16,21H2,1-6H3. The molecule has 0 spiro atoms. The molecule has 0 aromatic heterocycles. The van der Waals surface area contributed by atoms with Crippen LogP contribution in [0.2, 0.25) is 0 Å². The Hall–Kier alpha value is -3.00. The van der Waals surface area contributed by atoms with E-state index in [-0.39, 0.29) is 23.1 Å². The van der Waals surface area contributed by atoms with Crippen molar-refractivity contribution < 1.29 is 18.0 Å². The van der Waals surface area contributed by atoms with E-state index in [9.17, 15) is 18.0 Å². The normalized spacial score (nSPS) is 16.7. The number of amides is 2. The zero-order valence-corrected chi connectivity index (χ0v) is 24.3. The smallest absolute Gasteiger partial charge is 0.271 e. The molecular weight excluding hydrogens is 498 g/mol. The molecule has 8 heteroatoms. The molecular formula is C30H41N3O4S. The number of aliphatic imine (C=N–C) groups is 1. The minimum Gasteiger partial charge on any atom is -0.271 e. The van der Waals surface area contributed by atoms with Crippen LogP contribution in [0, 0.1) is 5.92 Å². The second-order valence-corrected chi connectivity index (χ2v) is 12.6. The van der Waals surface area contributed by atoms with Crippen LogP contribution in [0.4, 0.5) is 0 Å². The van der Waals surface area contributed by atoms with Gasteiger partial charge < -0.3 is 0 Å². The largest absolute Gasteiger partial charge is 0.274 e. The quantitative estimate of drug-likeness (QED) is 0.336. The van der Waals surface area contributed by atoms with Crippen molar-refractivity contribution in [2.45, 2.75) is 88.8 Å². The van der Waals surface area contributed by atoms with Crippen molar-refractivity contribution in [2.24, 2.45) is 10.9 Å². The first-order chi connectivity index (χ1) is 18.0. The Morgan fingerprint density at radius 1 is 1.00 bits per heavy atom. The summed E-state index contributed by atoms with van der Waals surface area (Å²) >= 11 is 0. The Morgan fingerprint density at radius 2 is 1.63 bits per heavy atom. The van der Waals surface area contributed by atoms with E-state index in [0.29, 0.717) is 17.8 Å².